The summed E-state index contributed by atoms with van der Waals surface area (Å²) in [6.07, 6.45) is 0. The molecule has 0 fully saturated rings. The van der Waals surface area contributed by atoms with Crippen LogP contribution < -0.4 is 10.9 Å². The lowest BCUT2D eigenvalue weighted by Gasteiger charge is -2.17. The summed E-state index contributed by atoms with van der Waals surface area (Å²) in [7, 11) is 0. The summed E-state index contributed by atoms with van der Waals surface area (Å²) in [6.45, 7) is 6.09. The molecule has 1 N–H and O–H groups in total. The molecule has 3 aromatic rings. The van der Waals surface area contributed by atoms with Crippen LogP contribution in [0.2, 0.25) is 5.02 Å². The molecule has 0 radical (unpaired) electrons. The summed E-state index contributed by atoms with van der Waals surface area (Å²) in [5.74, 6) is 0.436. The number of aromatic nitrogens is 2. The third-order valence-electron chi connectivity index (χ3n) is 4.55. The molecule has 2 aromatic carbocycles. The number of nitrogens with zero attached hydrogens (tertiary/aromatic N) is 2. The van der Waals surface area contributed by atoms with Crippen molar-refractivity contribution in [3.8, 4) is 5.69 Å². The van der Waals surface area contributed by atoms with Crippen LogP contribution in [0.15, 0.2) is 58.5 Å². The van der Waals surface area contributed by atoms with Gasteiger partial charge in [-0.3, -0.25) is 14.2 Å². The number of hydrogen-bond donors (Lipinski definition) is 1. The Morgan fingerprint density at radius 3 is 2.50 bits per heavy atom. The molecule has 1 atom stereocenters. The average molecular weight is 416 g/mol. The monoisotopic (exact) mass is 415 g/mol. The first-order valence-electron chi connectivity index (χ1n) is 9.06. The minimum Gasteiger partial charge on any atom is -0.353 e. The van der Waals surface area contributed by atoms with Crippen LogP contribution >= 0.6 is 23.4 Å². The van der Waals surface area contributed by atoms with Gasteiger partial charge < -0.3 is 5.32 Å². The Labute approximate surface area is 173 Å². The Bertz CT molecular complexity index is 1050. The zero-order chi connectivity index (χ0) is 20.3. The number of benzene rings is 2. The van der Waals surface area contributed by atoms with Crippen molar-refractivity contribution in [3.63, 3.8) is 0 Å². The van der Waals surface area contributed by atoms with Gasteiger partial charge in [-0.05, 0) is 49.2 Å². The average Bonchev–Trinajstić information content (AvgIpc) is 2.67. The van der Waals surface area contributed by atoms with E-state index in [4.69, 9.17) is 11.6 Å². The predicted octanol–water partition coefficient (Wildman–Crippen LogP) is 4.29. The highest BCUT2D eigenvalue weighted by Crippen LogP contribution is 2.22. The van der Waals surface area contributed by atoms with Crippen LogP contribution in [-0.2, 0) is 4.79 Å². The standard InChI is InChI=1S/C21H22ClN3O2S/c1-13(2)14(3)23-19(26)12-28-21-24-18-7-5-4-6-17(18)20(27)25(21)16-10-8-15(22)9-11-16/h4-11,13-14H,12H2,1-3H3,(H,23,26)/t14-/m1/s1. The van der Waals surface area contributed by atoms with Crippen molar-refractivity contribution < 1.29 is 4.79 Å². The molecule has 0 aliphatic heterocycles. The number of para-hydroxylation sites is 1. The van der Waals surface area contributed by atoms with Gasteiger partial charge in [-0.2, -0.15) is 0 Å². The lowest BCUT2D eigenvalue weighted by molar-refractivity contribution is -0.119. The molecule has 0 aliphatic rings. The summed E-state index contributed by atoms with van der Waals surface area (Å²) in [5.41, 5.74) is 1.09. The summed E-state index contributed by atoms with van der Waals surface area (Å²) in [5, 5.41) is 4.56. The summed E-state index contributed by atoms with van der Waals surface area (Å²) in [6, 6.07) is 14.3. The number of hydrogen-bond acceptors (Lipinski definition) is 4. The number of amides is 1. The lowest BCUT2D eigenvalue weighted by atomic mass is 10.1. The van der Waals surface area contributed by atoms with Crippen molar-refractivity contribution >= 4 is 40.2 Å². The first-order chi connectivity index (χ1) is 13.4. The summed E-state index contributed by atoms with van der Waals surface area (Å²) >= 11 is 7.23. The molecule has 0 aliphatic carbocycles. The summed E-state index contributed by atoms with van der Waals surface area (Å²) < 4.78 is 1.53. The molecule has 5 nitrogen and oxygen atoms in total. The van der Waals surface area contributed by atoms with Gasteiger partial charge in [-0.25, -0.2) is 4.98 Å². The number of carbonyl (C=O) groups is 1. The van der Waals surface area contributed by atoms with E-state index in [9.17, 15) is 9.59 Å². The van der Waals surface area contributed by atoms with E-state index in [2.05, 4.69) is 24.1 Å². The van der Waals surface area contributed by atoms with Gasteiger partial charge in [-0.15, -0.1) is 0 Å². The quantitative estimate of drug-likeness (QED) is 0.481. The highest BCUT2D eigenvalue weighted by Gasteiger charge is 2.16. The first-order valence-corrected chi connectivity index (χ1v) is 10.4. The zero-order valence-electron chi connectivity index (χ0n) is 16.0. The van der Waals surface area contributed by atoms with Crippen LogP contribution in [0.1, 0.15) is 20.8 Å². The van der Waals surface area contributed by atoms with Crippen LogP contribution in [-0.4, -0.2) is 27.3 Å². The van der Waals surface area contributed by atoms with Gasteiger partial charge in [0.15, 0.2) is 5.16 Å². The first kappa shape index (κ1) is 20.4. The van der Waals surface area contributed by atoms with Gasteiger partial charge in [0.25, 0.3) is 5.56 Å². The molecule has 0 spiro atoms. The smallest absolute Gasteiger partial charge is 0.266 e. The van der Waals surface area contributed by atoms with Gasteiger partial charge in [0.1, 0.15) is 0 Å². The maximum atomic E-state index is 13.1. The predicted molar refractivity (Wildman–Crippen MR) is 116 cm³/mol. The van der Waals surface area contributed by atoms with E-state index < -0.39 is 0 Å². The molecule has 28 heavy (non-hydrogen) atoms. The molecule has 146 valence electrons. The second-order valence-corrected chi connectivity index (χ2v) is 8.30. The molecular formula is C21H22ClN3O2S. The molecular weight excluding hydrogens is 394 g/mol. The molecule has 3 rings (SSSR count). The Balaban J connectivity index is 1.98. The number of carbonyl (C=O) groups excluding carboxylic acids is 1. The van der Waals surface area contributed by atoms with Gasteiger partial charge in [0, 0.05) is 11.1 Å². The van der Waals surface area contributed by atoms with Gasteiger partial charge in [-0.1, -0.05) is 49.3 Å². The SMILES string of the molecule is CC(C)[C@@H](C)NC(=O)CSc1nc2ccccc2c(=O)n1-c1ccc(Cl)cc1. The van der Waals surface area contributed by atoms with Crippen molar-refractivity contribution in [1.82, 2.24) is 14.9 Å². The van der Waals surface area contributed by atoms with Crippen LogP contribution in [0.3, 0.4) is 0 Å². The number of thioether (sulfide) groups is 1. The third-order valence-corrected chi connectivity index (χ3v) is 5.74. The fourth-order valence-electron chi connectivity index (χ4n) is 2.62. The van der Waals surface area contributed by atoms with Crippen molar-refractivity contribution in [1.29, 1.82) is 0 Å². The Morgan fingerprint density at radius 1 is 1.14 bits per heavy atom. The highest BCUT2D eigenvalue weighted by molar-refractivity contribution is 7.99. The van der Waals surface area contributed by atoms with E-state index in [0.29, 0.717) is 32.7 Å². The number of fused-ring (bicyclic) bond motifs is 1. The molecule has 0 unspecified atom stereocenters. The fourth-order valence-corrected chi connectivity index (χ4v) is 3.57. The molecule has 0 saturated carbocycles. The third kappa shape index (κ3) is 4.56. The largest absolute Gasteiger partial charge is 0.353 e. The molecule has 0 saturated heterocycles. The molecule has 1 heterocycles. The Kier molecular flexibility index (Phi) is 6.42. The zero-order valence-corrected chi connectivity index (χ0v) is 17.6. The van der Waals surface area contributed by atoms with E-state index >= 15 is 0 Å². The van der Waals surface area contributed by atoms with E-state index in [1.54, 1.807) is 36.4 Å². The topological polar surface area (TPSA) is 64.0 Å². The Hall–Kier alpha value is -2.31. The van der Waals surface area contributed by atoms with Crippen LogP contribution in [0.5, 0.6) is 0 Å². The second kappa shape index (κ2) is 8.80. The molecule has 1 amide bonds. The van der Waals surface area contributed by atoms with Crippen LogP contribution in [0, 0.1) is 5.92 Å². The van der Waals surface area contributed by atoms with Crippen molar-refractivity contribution in [3.05, 3.63) is 63.9 Å². The van der Waals surface area contributed by atoms with E-state index in [1.807, 2.05) is 19.1 Å². The van der Waals surface area contributed by atoms with Crippen molar-refractivity contribution in [2.75, 3.05) is 5.75 Å². The molecule has 0 bridgehead atoms. The van der Waals surface area contributed by atoms with Crippen LogP contribution in [0.4, 0.5) is 0 Å². The van der Waals surface area contributed by atoms with Crippen molar-refractivity contribution in [2.45, 2.75) is 32.0 Å². The van der Waals surface area contributed by atoms with Gasteiger partial charge in [0.05, 0.1) is 22.3 Å². The second-order valence-electron chi connectivity index (χ2n) is 6.92. The van der Waals surface area contributed by atoms with E-state index in [1.165, 1.54) is 16.3 Å². The fraction of sp³-hybridized carbons (Fsp3) is 0.286. The highest BCUT2D eigenvalue weighted by atomic mass is 35.5. The minimum atomic E-state index is -0.175. The maximum absolute atomic E-state index is 13.1. The summed E-state index contributed by atoms with van der Waals surface area (Å²) in [4.78, 5) is 30.1. The lowest BCUT2D eigenvalue weighted by Crippen LogP contribution is -2.37. The molecule has 7 heteroatoms. The van der Waals surface area contributed by atoms with Crippen LogP contribution in [0.25, 0.3) is 16.6 Å². The molecule has 1 aromatic heterocycles. The number of rotatable bonds is 6. The number of halogens is 1. The van der Waals surface area contributed by atoms with Gasteiger partial charge in [0.2, 0.25) is 5.91 Å². The van der Waals surface area contributed by atoms with E-state index in [0.717, 1.165) is 0 Å². The van der Waals surface area contributed by atoms with E-state index in [-0.39, 0.29) is 23.3 Å². The Morgan fingerprint density at radius 2 is 1.82 bits per heavy atom. The number of nitrogens with one attached hydrogen (secondary N) is 1. The minimum absolute atomic E-state index is 0.0797. The van der Waals surface area contributed by atoms with Gasteiger partial charge >= 0.3 is 0 Å². The maximum Gasteiger partial charge on any atom is 0.266 e. The normalized spacial score (nSPS) is 12.3. The van der Waals surface area contributed by atoms with Crippen molar-refractivity contribution in [2.24, 2.45) is 5.92 Å².